The Kier molecular flexibility index (Phi) is 1.96. The van der Waals surface area contributed by atoms with Gasteiger partial charge in [-0.25, -0.2) is 0 Å². The molecule has 4 nitrogen and oxygen atoms in total. The molecule has 13 heavy (non-hydrogen) atoms. The molecule has 66 valence electrons. The molecule has 2 aromatic rings. The molecular formula is C9H10N4. The number of aromatic amines is 1. The van der Waals surface area contributed by atoms with Crippen LogP contribution >= 0.6 is 0 Å². The first-order chi connectivity index (χ1) is 6.40. The van der Waals surface area contributed by atoms with E-state index in [4.69, 9.17) is 0 Å². The van der Waals surface area contributed by atoms with Crippen LogP contribution in [0.1, 0.15) is 0 Å². The van der Waals surface area contributed by atoms with E-state index in [9.17, 15) is 0 Å². The van der Waals surface area contributed by atoms with Crippen molar-refractivity contribution in [3.63, 3.8) is 0 Å². The predicted octanol–water partition coefficient (Wildman–Crippen LogP) is 1.51. The third-order valence-electron chi connectivity index (χ3n) is 1.79. The highest BCUT2D eigenvalue weighted by molar-refractivity contribution is 5.54. The number of rotatable bonds is 2. The fourth-order valence-corrected chi connectivity index (χ4v) is 1.10. The minimum Gasteiger partial charge on any atom is -0.372 e. The van der Waals surface area contributed by atoms with E-state index in [-0.39, 0.29) is 0 Å². The van der Waals surface area contributed by atoms with E-state index in [0.29, 0.717) is 0 Å². The lowest BCUT2D eigenvalue weighted by Crippen LogP contribution is -1.94. The van der Waals surface area contributed by atoms with E-state index in [1.54, 1.807) is 0 Å². The van der Waals surface area contributed by atoms with Crippen molar-refractivity contribution in [2.45, 2.75) is 0 Å². The van der Waals surface area contributed by atoms with Gasteiger partial charge in [-0.15, -0.1) is 10.2 Å². The first-order valence-corrected chi connectivity index (χ1v) is 4.05. The lowest BCUT2D eigenvalue weighted by Gasteiger charge is -1.98. The molecule has 0 radical (unpaired) electrons. The van der Waals surface area contributed by atoms with Crippen molar-refractivity contribution in [3.05, 3.63) is 30.5 Å². The van der Waals surface area contributed by atoms with Crippen molar-refractivity contribution in [3.8, 4) is 11.4 Å². The van der Waals surface area contributed by atoms with E-state index in [1.165, 1.54) is 0 Å². The van der Waals surface area contributed by atoms with Gasteiger partial charge in [-0.1, -0.05) is 0 Å². The minimum absolute atomic E-state index is 0.773. The predicted molar refractivity (Wildman–Crippen MR) is 51.4 cm³/mol. The molecule has 0 unspecified atom stereocenters. The maximum Gasteiger partial charge on any atom is 0.148 e. The average Bonchev–Trinajstić information content (AvgIpc) is 2.71. The van der Waals surface area contributed by atoms with Crippen LogP contribution in [-0.2, 0) is 0 Å². The molecule has 0 fully saturated rings. The van der Waals surface area contributed by atoms with Crippen LogP contribution in [0.4, 0.5) is 5.82 Å². The molecule has 0 saturated heterocycles. The lowest BCUT2D eigenvalue weighted by molar-refractivity contribution is 1.03. The minimum atomic E-state index is 0.773. The maximum atomic E-state index is 4.05. The maximum absolute atomic E-state index is 4.05. The van der Waals surface area contributed by atoms with Crippen LogP contribution in [0.2, 0.25) is 0 Å². The van der Waals surface area contributed by atoms with E-state index in [2.05, 4.69) is 20.5 Å². The van der Waals surface area contributed by atoms with Gasteiger partial charge in [0.05, 0.1) is 5.69 Å². The SMILES string of the molecule is CNc1ccc(-c2ccc[nH]2)nn1. The summed E-state index contributed by atoms with van der Waals surface area (Å²) in [7, 11) is 1.82. The Morgan fingerprint density at radius 2 is 2.15 bits per heavy atom. The molecule has 0 spiro atoms. The van der Waals surface area contributed by atoms with Crippen LogP contribution in [0, 0.1) is 0 Å². The molecule has 0 aliphatic carbocycles. The van der Waals surface area contributed by atoms with Gasteiger partial charge in [0.25, 0.3) is 0 Å². The molecule has 0 atom stereocenters. The van der Waals surface area contributed by atoms with Crippen LogP contribution in [0.15, 0.2) is 30.5 Å². The monoisotopic (exact) mass is 174 g/mol. The van der Waals surface area contributed by atoms with Gasteiger partial charge in [-0.05, 0) is 24.3 Å². The van der Waals surface area contributed by atoms with Crippen LogP contribution < -0.4 is 5.32 Å². The number of nitrogens with zero attached hydrogens (tertiary/aromatic N) is 2. The number of hydrogen-bond acceptors (Lipinski definition) is 3. The van der Waals surface area contributed by atoms with Crippen LogP contribution in [0.25, 0.3) is 11.4 Å². The summed E-state index contributed by atoms with van der Waals surface area (Å²) in [5.41, 5.74) is 1.83. The highest BCUT2D eigenvalue weighted by Crippen LogP contribution is 2.13. The first-order valence-electron chi connectivity index (χ1n) is 4.05. The van der Waals surface area contributed by atoms with Gasteiger partial charge in [-0.2, -0.15) is 0 Å². The molecule has 2 aromatic heterocycles. The Morgan fingerprint density at radius 1 is 1.23 bits per heavy atom. The van der Waals surface area contributed by atoms with Gasteiger partial charge >= 0.3 is 0 Å². The first kappa shape index (κ1) is 7.79. The number of hydrogen-bond donors (Lipinski definition) is 2. The van der Waals surface area contributed by atoms with Crippen molar-refractivity contribution in [2.75, 3.05) is 12.4 Å². The van der Waals surface area contributed by atoms with Crippen LogP contribution in [0.3, 0.4) is 0 Å². The Balaban J connectivity index is 2.33. The Bertz CT molecular complexity index is 363. The quantitative estimate of drug-likeness (QED) is 0.725. The highest BCUT2D eigenvalue weighted by Gasteiger charge is 1.99. The van der Waals surface area contributed by atoms with Crippen molar-refractivity contribution in [1.82, 2.24) is 15.2 Å². The summed E-state index contributed by atoms with van der Waals surface area (Å²) < 4.78 is 0. The normalized spacial score (nSPS) is 9.92. The molecule has 2 heterocycles. The van der Waals surface area contributed by atoms with E-state index in [1.807, 2.05) is 37.5 Å². The van der Waals surface area contributed by atoms with Crippen molar-refractivity contribution >= 4 is 5.82 Å². The zero-order chi connectivity index (χ0) is 9.10. The van der Waals surface area contributed by atoms with E-state index >= 15 is 0 Å². The molecule has 4 heteroatoms. The number of nitrogens with one attached hydrogen (secondary N) is 2. The Hall–Kier alpha value is -1.84. The summed E-state index contributed by atoms with van der Waals surface area (Å²) in [5.74, 6) is 0.773. The molecule has 2 N–H and O–H groups in total. The standard InChI is InChI=1S/C9H10N4/c1-10-9-5-4-8(12-13-9)7-3-2-6-11-7/h2-6,11H,1H3,(H,10,13). The van der Waals surface area contributed by atoms with Gasteiger partial charge in [0.15, 0.2) is 0 Å². The summed E-state index contributed by atoms with van der Waals surface area (Å²) in [5, 5.41) is 10.9. The van der Waals surface area contributed by atoms with Gasteiger partial charge in [0.1, 0.15) is 11.5 Å². The van der Waals surface area contributed by atoms with Crippen LogP contribution in [0.5, 0.6) is 0 Å². The van der Waals surface area contributed by atoms with E-state index < -0.39 is 0 Å². The van der Waals surface area contributed by atoms with Crippen molar-refractivity contribution in [2.24, 2.45) is 0 Å². The lowest BCUT2D eigenvalue weighted by atomic mass is 10.3. The number of H-pyrrole nitrogens is 1. The highest BCUT2D eigenvalue weighted by atomic mass is 15.2. The zero-order valence-electron chi connectivity index (χ0n) is 7.28. The van der Waals surface area contributed by atoms with Crippen molar-refractivity contribution in [1.29, 1.82) is 0 Å². The summed E-state index contributed by atoms with van der Waals surface area (Å²) in [4.78, 5) is 3.07. The third kappa shape index (κ3) is 1.51. The molecule has 0 aliphatic rings. The summed E-state index contributed by atoms with van der Waals surface area (Å²) in [6, 6.07) is 7.71. The van der Waals surface area contributed by atoms with Gasteiger partial charge in [0.2, 0.25) is 0 Å². The number of aromatic nitrogens is 3. The largest absolute Gasteiger partial charge is 0.372 e. The van der Waals surface area contributed by atoms with E-state index in [0.717, 1.165) is 17.2 Å². The summed E-state index contributed by atoms with van der Waals surface area (Å²) in [6.07, 6.45) is 1.86. The molecule has 2 rings (SSSR count). The second kappa shape index (κ2) is 3.26. The summed E-state index contributed by atoms with van der Waals surface area (Å²) in [6.45, 7) is 0. The van der Waals surface area contributed by atoms with Crippen LogP contribution in [-0.4, -0.2) is 22.2 Å². The third-order valence-corrected chi connectivity index (χ3v) is 1.79. The topological polar surface area (TPSA) is 53.6 Å². The molecule has 0 saturated carbocycles. The molecule has 0 aliphatic heterocycles. The second-order valence-corrected chi connectivity index (χ2v) is 2.64. The van der Waals surface area contributed by atoms with Gasteiger partial charge in [0, 0.05) is 13.2 Å². The Morgan fingerprint density at radius 3 is 2.69 bits per heavy atom. The fourth-order valence-electron chi connectivity index (χ4n) is 1.10. The Labute approximate surface area is 76.0 Å². The molecule has 0 bridgehead atoms. The number of anilines is 1. The smallest absolute Gasteiger partial charge is 0.148 e. The fraction of sp³-hybridized carbons (Fsp3) is 0.111. The molecule has 0 aromatic carbocycles. The van der Waals surface area contributed by atoms with Gasteiger partial charge < -0.3 is 10.3 Å². The average molecular weight is 174 g/mol. The van der Waals surface area contributed by atoms with Gasteiger partial charge in [-0.3, -0.25) is 0 Å². The van der Waals surface area contributed by atoms with Crippen molar-refractivity contribution < 1.29 is 0 Å². The molecule has 0 amide bonds. The zero-order valence-corrected chi connectivity index (χ0v) is 7.28. The second-order valence-electron chi connectivity index (χ2n) is 2.64. The molecular weight excluding hydrogens is 164 g/mol. The summed E-state index contributed by atoms with van der Waals surface area (Å²) >= 11 is 0.